The average molecular weight is 244 g/mol. The van der Waals surface area contributed by atoms with Crippen molar-refractivity contribution < 1.29 is 39.8 Å². The van der Waals surface area contributed by atoms with E-state index >= 15 is 0 Å². The first kappa shape index (κ1) is 12.8. The minimum Gasteiger partial charge on any atom is -0.326 e. The fourth-order valence-corrected chi connectivity index (χ4v) is 0.968. The Morgan fingerprint density at radius 1 is 1.46 bits per heavy atom. The Balaban J connectivity index is 4.42. The molecule has 0 aromatic heterocycles. The molecule has 6 nitrogen and oxygen atoms in total. The highest BCUT2D eigenvalue weighted by molar-refractivity contribution is 7.86. The van der Waals surface area contributed by atoms with Crippen molar-refractivity contribution in [2.24, 2.45) is 0 Å². The molecule has 13 heavy (non-hydrogen) atoms. The van der Waals surface area contributed by atoms with Crippen LogP contribution in [0.3, 0.4) is 0 Å². The Morgan fingerprint density at radius 2 is 1.92 bits per heavy atom. The maximum absolute atomic E-state index is 12.0. The van der Waals surface area contributed by atoms with Crippen LogP contribution >= 0.6 is 8.25 Å². The van der Waals surface area contributed by atoms with Crippen molar-refractivity contribution in [2.45, 2.75) is 6.29 Å². The van der Waals surface area contributed by atoms with Gasteiger partial charge in [0, 0.05) is 0 Å². The summed E-state index contributed by atoms with van der Waals surface area (Å²) in [5.41, 5.74) is 0. The van der Waals surface area contributed by atoms with Gasteiger partial charge in [0.05, 0.1) is 0 Å². The van der Waals surface area contributed by atoms with Gasteiger partial charge in [0.15, 0.2) is 0 Å². The van der Waals surface area contributed by atoms with Gasteiger partial charge in [-0.25, -0.2) is 8.91 Å². The Labute approximate surface area is 71.3 Å². The van der Waals surface area contributed by atoms with E-state index in [0.29, 0.717) is 0 Å². The quantitative estimate of drug-likeness (QED) is 0.422. The van der Waals surface area contributed by atoms with E-state index in [2.05, 4.69) is 8.71 Å². The first-order valence-electron chi connectivity index (χ1n) is 2.47. The van der Waals surface area contributed by atoms with Crippen molar-refractivity contribution in [1.82, 2.24) is 0 Å². The lowest BCUT2D eigenvalue weighted by Crippen LogP contribution is -2.26. The zero-order chi connectivity index (χ0) is 10.7. The molecule has 0 fully saturated rings. The van der Waals surface area contributed by atoms with Crippen LogP contribution in [0.25, 0.3) is 0 Å². The van der Waals surface area contributed by atoms with Gasteiger partial charge in [0.1, 0.15) is 0 Å². The molecule has 80 valence electrons. The molecular weight excluding hydrogens is 240 g/mol. The number of hydrogen-bond donors (Lipinski definition) is 1. The summed E-state index contributed by atoms with van der Waals surface area (Å²) >= 11 is 0. The second-order valence-corrected chi connectivity index (χ2v) is 3.82. The Hall–Kier alpha value is -0.150. The minimum absolute atomic E-state index is 2.20. The highest BCUT2D eigenvalue weighted by Gasteiger charge is 2.40. The lowest BCUT2D eigenvalue weighted by molar-refractivity contribution is -0.306. The van der Waals surface area contributed by atoms with Crippen molar-refractivity contribution in [3.05, 3.63) is 0 Å². The van der Waals surface area contributed by atoms with Gasteiger partial charge in [0.25, 0.3) is 0 Å². The van der Waals surface area contributed by atoms with E-state index in [1.165, 1.54) is 0 Å². The minimum atomic E-state index is -5.10. The standard InChI is InChI=1S/C2H4F3O6PS/c3-1-13(8,9)11-2(4,5)10-12(6)7/h12H,1H2,(H,6,7). The summed E-state index contributed by atoms with van der Waals surface area (Å²) in [5.74, 6) is 0. The van der Waals surface area contributed by atoms with Crippen LogP contribution in [0.4, 0.5) is 13.2 Å². The van der Waals surface area contributed by atoms with E-state index in [-0.39, 0.29) is 0 Å². The van der Waals surface area contributed by atoms with E-state index in [4.69, 9.17) is 4.89 Å². The third kappa shape index (κ3) is 5.99. The molecule has 0 aromatic rings. The zero-order valence-corrected chi connectivity index (χ0v) is 7.55. The third-order valence-electron chi connectivity index (χ3n) is 0.564. The summed E-state index contributed by atoms with van der Waals surface area (Å²) in [6.45, 7) is 0. The number of rotatable bonds is 5. The summed E-state index contributed by atoms with van der Waals surface area (Å²) in [6, 6.07) is -2.20. The normalized spacial score (nSPS) is 15.7. The smallest absolute Gasteiger partial charge is 0.326 e. The van der Waals surface area contributed by atoms with Crippen LogP contribution in [0.1, 0.15) is 0 Å². The van der Waals surface area contributed by atoms with E-state index < -0.39 is 30.7 Å². The van der Waals surface area contributed by atoms with Gasteiger partial charge < -0.3 is 4.89 Å². The molecule has 0 saturated heterocycles. The lowest BCUT2D eigenvalue weighted by atomic mass is 11.3. The lowest BCUT2D eigenvalue weighted by Gasteiger charge is -2.12. The fourth-order valence-electron chi connectivity index (χ4n) is 0.289. The molecule has 0 saturated carbocycles. The predicted molar refractivity (Wildman–Crippen MR) is 33.2 cm³/mol. The Kier molecular flexibility index (Phi) is 4.33. The van der Waals surface area contributed by atoms with Gasteiger partial charge in [-0.1, -0.05) is 0 Å². The fraction of sp³-hybridized carbons (Fsp3) is 1.00. The number of alkyl halides is 3. The molecule has 1 N–H and O–H groups in total. The summed E-state index contributed by atoms with van der Waals surface area (Å²) in [6.07, 6.45) is -4.84. The van der Waals surface area contributed by atoms with Crippen molar-refractivity contribution >= 4 is 18.4 Å². The van der Waals surface area contributed by atoms with Crippen LogP contribution in [-0.4, -0.2) is 25.6 Å². The topological polar surface area (TPSA) is 89.9 Å². The molecule has 11 heteroatoms. The molecule has 0 heterocycles. The maximum atomic E-state index is 12.0. The molecule has 0 aliphatic rings. The van der Waals surface area contributed by atoms with E-state index in [1.54, 1.807) is 0 Å². The number of hydrogen-bond acceptors (Lipinski definition) is 5. The second-order valence-electron chi connectivity index (χ2n) is 1.58. The summed E-state index contributed by atoms with van der Waals surface area (Å²) in [4.78, 5) is 7.83. The molecule has 0 aliphatic carbocycles. The molecular formula is C2H4F3O6PS. The summed E-state index contributed by atoms with van der Waals surface area (Å²) < 4.78 is 71.0. The van der Waals surface area contributed by atoms with Gasteiger partial charge in [-0.15, -0.1) is 8.78 Å². The van der Waals surface area contributed by atoms with Gasteiger partial charge >= 0.3 is 24.7 Å². The molecule has 1 unspecified atom stereocenters. The summed E-state index contributed by atoms with van der Waals surface area (Å²) in [5, 5.41) is 0. The Bertz CT molecular complexity index is 286. The van der Waals surface area contributed by atoms with E-state index in [0.717, 1.165) is 0 Å². The highest BCUT2D eigenvalue weighted by Crippen LogP contribution is 2.31. The van der Waals surface area contributed by atoms with Crippen LogP contribution < -0.4 is 0 Å². The van der Waals surface area contributed by atoms with Crippen LogP contribution in [0.15, 0.2) is 0 Å². The monoisotopic (exact) mass is 244 g/mol. The van der Waals surface area contributed by atoms with Crippen molar-refractivity contribution in [3.63, 3.8) is 0 Å². The Morgan fingerprint density at radius 3 is 2.23 bits per heavy atom. The zero-order valence-electron chi connectivity index (χ0n) is 5.74. The number of halogens is 3. The van der Waals surface area contributed by atoms with Crippen molar-refractivity contribution in [3.8, 4) is 0 Å². The second kappa shape index (κ2) is 4.38. The molecule has 0 spiro atoms. The van der Waals surface area contributed by atoms with E-state index in [1.807, 2.05) is 0 Å². The third-order valence-corrected chi connectivity index (χ3v) is 1.69. The molecule has 0 radical (unpaired) electrons. The van der Waals surface area contributed by atoms with Crippen LogP contribution in [0.2, 0.25) is 0 Å². The van der Waals surface area contributed by atoms with E-state index in [9.17, 15) is 26.2 Å². The first-order valence-corrected chi connectivity index (χ1v) is 5.32. The van der Waals surface area contributed by atoms with Gasteiger partial charge in [-0.3, -0.25) is 4.57 Å². The molecule has 0 amide bonds. The summed E-state index contributed by atoms with van der Waals surface area (Å²) in [7, 11) is -9.18. The molecule has 0 rings (SSSR count). The van der Waals surface area contributed by atoms with Crippen LogP contribution in [-0.2, 0) is 23.4 Å². The largest absolute Gasteiger partial charge is 0.507 e. The van der Waals surface area contributed by atoms with Gasteiger partial charge in [0.2, 0.25) is 6.01 Å². The van der Waals surface area contributed by atoms with Crippen molar-refractivity contribution in [2.75, 3.05) is 6.01 Å². The van der Waals surface area contributed by atoms with Gasteiger partial charge in [-0.05, 0) is 0 Å². The predicted octanol–water partition coefficient (Wildman–Crippen LogP) is 0.209. The molecule has 0 bridgehead atoms. The van der Waals surface area contributed by atoms with Crippen LogP contribution in [0, 0.1) is 0 Å². The maximum Gasteiger partial charge on any atom is 0.507 e. The molecule has 1 atom stereocenters. The van der Waals surface area contributed by atoms with Crippen molar-refractivity contribution in [1.29, 1.82) is 0 Å². The highest BCUT2D eigenvalue weighted by atomic mass is 32.2. The van der Waals surface area contributed by atoms with Crippen LogP contribution in [0.5, 0.6) is 0 Å². The first-order chi connectivity index (χ1) is 5.68. The average Bonchev–Trinajstić information content (AvgIpc) is 1.81. The molecule has 0 aromatic carbocycles. The molecule has 0 aliphatic heterocycles. The SMILES string of the molecule is O=[PH](O)OC(F)(F)OS(=O)(=O)CF. The van der Waals surface area contributed by atoms with Gasteiger partial charge in [-0.2, -0.15) is 12.6 Å².